The molecule has 0 radical (unpaired) electrons. The first-order chi connectivity index (χ1) is 8.06. The Morgan fingerprint density at radius 2 is 2.12 bits per heavy atom. The summed E-state index contributed by atoms with van der Waals surface area (Å²) in [6.07, 6.45) is 0. The van der Waals surface area contributed by atoms with Crippen molar-refractivity contribution in [3.05, 3.63) is 34.1 Å². The second-order valence-corrected chi connectivity index (χ2v) is 5.72. The zero-order chi connectivity index (χ0) is 12.4. The van der Waals surface area contributed by atoms with Gasteiger partial charge in [0.2, 0.25) is 0 Å². The van der Waals surface area contributed by atoms with Crippen molar-refractivity contribution in [3.63, 3.8) is 0 Å². The van der Waals surface area contributed by atoms with Crippen molar-refractivity contribution >= 4 is 27.5 Å². The molecule has 1 heterocycles. The van der Waals surface area contributed by atoms with Crippen LogP contribution in [0.5, 0.6) is 10.9 Å². The van der Waals surface area contributed by atoms with Crippen molar-refractivity contribution in [2.24, 2.45) is 0 Å². The van der Waals surface area contributed by atoms with Gasteiger partial charge in [0.1, 0.15) is 11.6 Å². The third-order valence-corrected chi connectivity index (χ3v) is 3.39. The first-order valence-electron chi connectivity index (χ1n) is 5.34. The molecule has 0 fully saturated rings. The van der Waals surface area contributed by atoms with E-state index in [0.717, 1.165) is 21.6 Å². The first-order valence-corrected chi connectivity index (χ1v) is 6.90. The predicted molar refractivity (Wildman–Crippen MR) is 73.0 cm³/mol. The number of aromatic nitrogens is 2. The van der Waals surface area contributed by atoms with Crippen molar-refractivity contribution in [1.29, 1.82) is 0 Å². The summed E-state index contributed by atoms with van der Waals surface area (Å²) in [4.78, 5) is 4.35. The maximum absolute atomic E-state index is 5.74. The Morgan fingerprint density at radius 3 is 2.76 bits per heavy atom. The van der Waals surface area contributed by atoms with Crippen molar-refractivity contribution in [1.82, 2.24) is 9.36 Å². The van der Waals surface area contributed by atoms with E-state index in [1.807, 2.05) is 25.1 Å². The van der Waals surface area contributed by atoms with Crippen molar-refractivity contribution in [2.75, 3.05) is 0 Å². The van der Waals surface area contributed by atoms with Crippen LogP contribution in [-0.4, -0.2) is 9.36 Å². The molecule has 0 aliphatic heterocycles. The van der Waals surface area contributed by atoms with Gasteiger partial charge in [-0.15, -0.1) is 0 Å². The lowest BCUT2D eigenvalue weighted by atomic mass is 10.2. The Labute approximate surface area is 113 Å². The molecule has 0 aliphatic rings. The van der Waals surface area contributed by atoms with Crippen LogP contribution >= 0.6 is 27.5 Å². The first kappa shape index (κ1) is 12.5. The molecule has 1 aromatic heterocycles. The molecule has 0 unspecified atom stereocenters. The van der Waals surface area contributed by atoms with Crippen LogP contribution in [0.25, 0.3) is 0 Å². The summed E-state index contributed by atoms with van der Waals surface area (Å²) in [7, 11) is 0. The van der Waals surface area contributed by atoms with Crippen LogP contribution in [0, 0.1) is 6.92 Å². The van der Waals surface area contributed by atoms with Gasteiger partial charge in [0, 0.05) is 21.9 Å². The lowest BCUT2D eigenvalue weighted by molar-refractivity contribution is 0.472. The molecule has 0 saturated carbocycles. The van der Waals surface area contributed by atoms with E-state index in [9.17, 15) is 0 Å². The fourth-order valence-electron chi connectivity index (χ4n) is 1.27. The third-order valence-electron chi connectivity index (χ3n) is 2.29. The molecule has 0 bridgehead atoms. The van der Waals surface area contributed by atoms with Gasteiger partial charge in [-0.3, -0.25) is 0 Å². The molecule has 0 spiro atoms. The number of hydrogen-bond donors (Lipinski definition) is 0. The SMILES string of the molecule is Cc1ccc(Br)cc1Oc1nc(C(C)C)ns1. The Balaban J connectivity index is 2.22. The van der Waals surface area contributed by atoms with Gasteiger partial charge < -0.3 is 4.74 Å². The largest absolute Gasteiger partial charge is 0.430 e. The van der Waals surface area contributed by atoms with Crippen molar-refractivity contribution in [2.45, 2.75) is 26.7 Å². The Bertz CT molecular complexity index is 525. The number of benzene rings is 1. The number of aryl methyl sites for hydroxylation is 1. The highest BCUT2D eigenvalue weighted by Gasteiger charge is 2.10. The predicted octanol–water partition coefficient (Wildman–Crippen LogP) is 4.52. The Kier molecular flexibility index (Phi) is 3.79. The van der Waals surface area contributed by atoms with E-state index in [1.54, 1.807) is 0 Å². The molecule has 2 rings (SSSR count). The molecule has 2 aromatic rings. The van der Waals surface area contributed by atoms with Gasteiger partial charge in [0.05, 0.1) is 0 Å². The minimum atomic E-state index is 0.326. The number of nitrogens with zero attached hydrogens (tertiary/aromatic N) is 2. The van der Waals surface area contributed by atoms with E-state index in [2.05, 4.69) is 39.1 Å². The van der Waals surface area contributed by atoms with Gasteiger partial charge >= 0.3 is 0 Å². The molecule has 0 amide bonds. The van der Waals surface area contributed by atoms with Crippen LogP contribution in [0.2, 0.25) is 0 Å². The minimum absolute atomic E-state index is 0.326. The van der Waals surface area contributed by atoms with Gasteiger partial charge in [0.15, 0.2) is 0 Å². The summed E-state index contributed by atoms with van der Waals surface area (Å²) in [5.41, 5.74) is 1.08. The second kappa shape index (κ2) is 5.14. The van der Waals surface area contributed by atoms with Gasteiger partial charge in [-0.2, -0.15) is 9.36 Å². The average molecular weight is 313 g/mol. The fraction of sp³-hybridized carbons (Fsp3) is 0.333. The standard InChI is InChI=1S/C12H13BrN2OS/c1-7(2)11-14-12(17-15-11)16-10-6-9(13)5-4-8(10)3/h4-7H,1-3H3. The normalized spacial score (nSPS) is 10.9. The summed E-state index contributed by atoms with van der Waals surface area (Å²) in [6, 6.07) is 5.93. The molecule has 90 valence electrons. The molecule has 0 saturated heterocycles. The number of halogens is 1. The summed E-state index contributed by atoms with van der Waals surface area (Å²) >= 11 is 4.71. The molecular weight excluding hydrogens is 300 g/mol. The van der Waals surface area contributed by atoms with Crippen LogP contribution in [-0.2, 0) is 0 Å². The summed E-state index contributed by atoms with van der Waals surface area (Å²) in [5.74, 6) is 1.97. The average Bonchev–Trinajstić information content (AvgIpc) is 2.72. The summed E-state index contributed by atoms with van der Waals surface area (Å²) < 4.78 is 11.0. The van der Waals surface area contributed by atoms with Crippen LogP contribution < -0.4 is 4.74 Å². The van der Waals surface area contributed by atoms with Gasteiger partial charge in [-0.1, -0.05) is 35.8 Å². The Morgan fingerprint density at radius 1 is 1.35 bits per heavy atom. The molecule has 1 aromatic carbocycles. The lowest BCUT2D eigenvalue weighted by Gasteiger charge is -2.05. The highest BCUT2D eigenvalue weighted by molar-refractivity contribution is 9.10. The van der Waals surface area contributed by atoms with Gasteiger partial charge in [-0.05, 0) is 24.6 Å². The van der Waals surface area contributed by atoms with Crippen LogP contribution in [0.1, 0.15) is 31.2 Å². The number of ether oxygens (including phenoxy) is 1. The number of hydrogen-bond acceptors (Lipinski definition) is 4. The fourth-order valence-corrected chi connectivity index (χ4v) is 2.30. The summed E-state index contributed by atoms with van der Waals surface area (Å²) in [5, 5.41) is 0.593. The zero-order valence-corrected chi connectivity index (χ0v) is 12.3. The van der Waals surface area contributed by atoms with Crippen LogP contribution in [0.4, 0.5) is 0 Å². The van der Waals surface area contributed by atoms with Crippen LogP contribution in [0.15, 0.2) is 22.7 Å². The zero-order valence-electron chi connectivity index (χ0n) is 9.90. The molecule has 0 N–H and O–H groups in total. The molecule has 17 heavy (non-hydrogen) atoms. The van der Waals surface area contributed by atoms with Gasteiger partial charge in [-0.25, -0.2) is 0 Å². The molecule has 3 nitrogen and oxygen atoms in total. The van der Waals surface area contributed by atoms with Crippen molar-refractivity contribution < 1.29 is 4.74 Å². The van der Waals surface area contributed by atoms with E-state index in [0.29, 0.717) is 11.1 Å². The summed E-state index contributed by atoms with van der Waals surface area (Å²) in [6.45, 7) is 6.14. The highest BCUT2D eigenvalue weighted by Crippen LogP contribution is 2.29. The van der Waals surface area contributed by atoms with E-state index in [4.69, 9.17) is 4.74 Å². The monoisotopic (exact) mass is 312 g/mol. The molecule has 0 aliphatic carbocycles. The van der Waals surface area contributed by atoms with E-state index in [1.165, 1.54) is 11.5 Å². The maximum atomic E-state index is 5.74. The molecule has 5 heteroatoms. The molecule has 0 atom stereocenters. The highest BCUT2D eigenvalue weighted by atomic mass is 79.9. The van der Waals surface area contributed by atoms with Crippen molar-refractivity contribution in [3.8, 4) is 10.9 Å². The number of rotatable bonds is 3. The smallest absolute Gasteiger partial charge is 0.298 e. The third kappa shape index (κ3) is 3.04. The Hall–Kier alpha value is -0.940. The van der Waals surface area contributed by atoms with E-state index < -0.39 is 0 Å². The van der Waals surface area contributed by atoms with E-state index >= 15 is 0 Å². The second-order valence-electron chi connectivity index (χ2n) is 4.09. The maximum Gasteiger partial charge on any atom is 0.298 e. The topological polar surface area (TPSA) is 35.0 Å². The van der Waals surface area contributed by atoms with Gasteiger partial charge in [0.25, 0.3) is 5.19 Å². The minimum Gasteiger partial charge on any atom is -0.430 e. The molecular formula is C12H13BrN2OS. The van der Waals surface area contributed by atoms with Crippen LogP contribution in [0.3, 0.4) is 0 Å². The lowest BCUT2D eigenvalue weighted by Crippen LogP contribution is -1.91. The quantitative estimate of drug-likeness (QED) is 0.835. The van der Waals surface area contributed by atoms with E-state index in [-0.39, 0.29) is 0 Å².